The topological polar surface area (TPSA) is 49.3 Å². The Morgan fingerprint density at radius 1 is 1.47 bits per heavy atom. The van der Waals surface area contributed by atoms with Gasteiger partial charge in [0.05, 0.1) is 10.9 Å². The van der Waals surface area contributed by atoms with Crippen molar-refractivity contribution in [2.75, 3.05) is 12.3 Å². The zero-order valence-electron chi connectivity index (χ0n) is 11.3. The number of thioether (sulfide) groups is 1. The second kappa shape index (κ2) is 6.44. The van der Waals surface area contributed by atoms with E-state index in [4.69, 9.17) is 0 Å². The van der Waals surface area contributed by atoms with Gasteiger partial charge in [-0.05, 0) is 37.5 Å². The molecule has 1 aliphatic heterocycles. The van der Waals surface area contributed by atoms with Crippen molar-refractivity contribution in [1.29, 1.82) is 0 Å². The standard InChI is InChI=1S/C15H21NO2S/c1-15(9-5-11-19-15)14(18)16-10-8-13(17)12-6-3-2-4-7-12/h2-4,6-7,13,17H,5,8-11H2,1H3,(H,16,18). The molecular weight excluding hydrogens is 258 g/mol. The number of rotatable bonds is 5. The molecule has 1 aromatic rings. The zero-order valence-corrected chi connectivity index (χ0v) is 12.1. The van der Waals surface area contributed by atoms with Gasteiger partial charge in [-0.1, -0.05) is 30.3 Å². The van der Waals surface area contributed by atoms with Gasteiger partial charge in [0.2, 0.25) is 5.91 Å². The summed E-state index contributed by atoms with van der Waals surface area (Å²) in [6, 6.07) is 9.55. The van der Waals surface area contributed by atoms with Crippen LogP contribution in [0, 0.1) is 0 Å². The maximum absolute atomic E-state index is 12.1. The summed E-state index contributed by atoms with van der Waals surface area (Å²) in [5.74, 6) is 1.17. The molecule has 0 aromatic heterocycles. The first-order valence-electron chi connectivity index (χ1n) is 6.77. The van der Waals surface area contributed by atoms with E-state index in [1.165, 1.54) is 0 Å². The van der Waals surface area contributed by atoms with Crippen molar-refractivity contribution in [3.05, 3.63) is 35.9 Å². The summed E-state index contributed by atoms with van der Waals surface area (Å²) >= 11 is 1.73. The van der Waals surface area contributed by atoms with E-state index in [-0.39, 0.29) is 10.7 Å². The Kier molecular flexibility index (Phi) is 4.88. The van der Waals surface area contributed by atoms with Gasteiger partial charge < -0.3 is 10.4 Å². The Morgan fingerprint density at radius 3 is 2.84 bits per heavy atom. The van der Waals surface area contributed by atoms with Gasteiger partial charge in [0.1, 0.15) is 0 Å². The quantitative estimate of drug-likeness (QED) is 0.870. The fraction of sp³-hybridized carbons (Fsp3) is 0.533. The number of carbonyl (C=O) groups is 1. The third kappa shape index (κ3) is 3.74. The molecule has 2 unspecified atom stereocenters. The van der Waals surface area contributed by atoms with Crippen LogP contribution in [0.25, 0.3) is 0 Å². The lowest BCUT2D eigenvalue weighted by Gasteiger charge is -2.22. The molecule has 2 atom stereocenters. The van der Waals surface area contributed by atoms with Crippen LogP contribution < -0.4 is 5.32 Å². The Morgan fingerprint density at radius 2 is 2.21 bits per heavy atom. The molecule has 0 saturated carbocycles. The van der Waals surface area contributed by atoms with Crippen LogP contribution in [0.2, 0.25) is 0 Å². The van der Waals surface area contributed by atoms with Gasteiger partial charge in [0.25, 0.3) is 0 Å². The van der Waals surface area contributed by atoms with Crippen LogP contribution in [0.4, 0.5) is 0 Å². The molecule has 19 heavy (non-hydrogen) atoms. The third-order valence-electron chi connectivity index (χ3n) is 3.59. The van der Waals surface area contributed by atoms with Gasteiger partial charge in [0, 0.05) is 6.54 Å². The van der Waals surface area contributed by atoms with E-state index in [0.717, 1.165) is 24.2 Å². The van der Waals surface area contributed by atoms with Crippen LogP contribution in [0.5, 0.6) is 0 Å². The molecule has 0 radical (unpaired) electrons. The maximum Gasteiger partial charge on any atom is 0.235 e. The van der Waals surface area contributed by atoms with E-state index in [1.807, 2.05) is 37.3 Å². The second-order valence-corrected chi connectivity index (χ2v) is 6.75. The van der Waals surface area contributed by atoms with Gasteiger partial charge in [0.15, 0.2) is 0 Å². The number of hydrogen-bond acceptors (Lipinski definition) is 3. The van der Waals surface area contributed by atoms with Gasteiger partial charge in [-0.15, -0.1) is 11.8 Å². The summed E-state index contributed by atoms with van der Waals surface area (Å²) in [5.41, 5.74) is 0.901. The van der Waals surface area contributed by atoms with E-state index < -0.39 is 6.10 Å². The first-order chi connectivity index (χ1) is 9.12. The number of carbonyl (C=O) groups excluding carboxylic acids is 1. The number of nitrogens with one attached hydrogen (secondary N) is 1. The summed E-state index contributed by atoms with van der Waals surface area (Å²) in [6.07, 6.45) is 2.10. The SMILES string of the molecule is CC1(C(=O)NCCC(O)c2ccccc2)CCCS1. The minimum Gasteiger partial charge on any atom is -0.388 e. The van der Waals surface area contributed by atoms with Crippen molar-refractivity contribution in [2.24, 2.45) is 0 Å². The van der Waals surface area contributed by atoms with Crippen molar-refractivity contribution < 1.29 is 9.90 Å². The largest absolute Gasteiger partial charge is 0.388 e. The molecule has 1 heterocycles. The molecule has 1 aromatic carbocycles. The summed E-state index contributed by atoms with van der Waals surface area (Å²) < 4.78 is -0.266. The van der Waals surface area contributed by atoms with E-state index in [0.29, 0.717) is 13.0 Å². The molecule has 0 spiro atoms. The van der Waals surface area contributed by atoms with E-state index in [9.17, 15) is 9.90 Å². The summed E-state index contributed by atoms with van der Waals surface area (Å²) in [5, 5.41) is 13.0. The van der Waals surface area contributed by atoms with Crippen molar-refractivity contribution >= 4 is 17.7 Å². The molecule has 0 aliphatic carbocycles. The monoisotopic (exact) mass is 279 g/mol. The second-order valence-electron chi connectivity index (χ2n) is 5.15. The highest BCUT2D eigenvalue weighted by atomic mass is 32.2. The van der Waals surface area contributed by atoms with Crippen LogP contribution in [0.15, 0.2) is 30.3 Å². The van der Waals surface area contributed by atoms with Gasteiger partial charge >= 0.3 is 0 Å². The Labute approximate surface area is 118 Å². The molecule has 4 heteroatoms. The highest BCUT2D eigenvalue weighted by Crippen LogP contribution is 2.37. The highest BCUT2D eigenvalue weighted by molar-refractivity contribution is 8.01. The van der Waals surface area contributed by atoms with Crippen molar-refractivity contribution in [1.82, 2.24) is 5.32 Å². The molecule has 1 amide bonds. The number of hydrogen-bond donors (Lipinski definition) is 2. The minimum absolute atomic E-state index is 0.107. The minimum atomic E-state index is -0.509. The predicted octanol–water partition coefficient (Wildman–Crippen LogP) is 2.51. The third-order valence-corrected chi connectivity index (χ3v) is 5.11. The van der Waals surface area contributed by atoms with Crippen molar-refractivity contribution in [3.8, 4) is 0 Å². The summed E-state index contributed by atoms with van der Waals surface area (Å²) in [6.45, 7) is 2.53. The van der Waals surface area contributed by atoms with E-state index in [2.05, 4.69) is 5.32 Å². The Balaban J connectivity index is 1.76. The number of amides is 1. The first kappa shape index (κ1) is 14.4. The van der Waals surface area contributed by atoms with Crippen LogP contribution in [-0.4, -0.2) is 28.1 Å². The smallest absolute Gasteiger partial charge is 0.235 e. The number of benzene rings is 1. The van der Waals surface area contributed by atoms with Gasteiger partial charge in [-0.25, -0.2) is 0 Å². The van der Waals surface area contributed by atoms with Crippen molar-refractivity contribution in [3.63, 3.8) is 0 Å². The van der Waals surface area contributed by atoms with E-state index >= 15 is 0 Å². The first-order valence-corrected chi connectivity index (χ1v) is 7.76. The number of aliphatic hydroxyl groups excluding tert-OH is 1. The molecular formula is C15H21NO2S. The predicted molar refractivity (Wildman–Crippen MR) is 79.1 cm³/mol. The molecule has 2 rings (SSSR count). The highest BCUT2D eigenvalue weighted by Gasteiger charge is 2.36. The summed E-state index contributed by atoms with van der Waals surface area (Å²) in [4.78, 5) is 12.1. The molecule has 0 bridgehead atoms. The molecule has 1 aliphatic rings. The molecule has 2 N–H and O–H groups in total. The van der Waals surface area contributed by atoms with Crippen LogP contribution in [0.1, 0.15) is 37.9 Å². The average Bonchev–Trinajstić information content (AvgIpc) is 2.88. The lowest BCUT2D eigenvalue weighted by Crippen LogP contribution is -2.40. The number of aliphatic hydroxyl groups is 1. The average molecular weight is 279 g/mol. The fourth-order valence-corrected chi connectivity index (χ4v) is 3.54. The van der Waals surface area contributed by atoms with Crippen LogP contribution in [-0.2, 0) is 4.79 Å². The normalized spacial score (nSPS) is 24.1. The maximum atomic E-state index is 12.1. The molecule has 3 nitrogen and oxygen atoms in total. The molecule has 1 saturated heterocycles. The summed E-state index contributed by atoms with van der Waals surface area (Å²) in [7, 11) is 0. The van der Waals surface area contributed by atoms with Crippen LogP contribution >= 0.6 is 11.8 Å². The fourth-order valence-electron chi connectivity index (χ4n) is 2.31. The Bertz CT molecular complexity index is 415. The van der Waals surface area contributed by atoms with Gasteiger partial charge in [-0.2, -0.15) is 0 Å². The van der Waals surface area contributed by atoms with Gasteiger partial charge in [-0.3, -0.25) is 4.79 Å². The Hall–Kier alpha value is -1.00. The lowest BCUT2D eigenvalue weighted by molar-refractivity contribution is -0.123. The molecule has 1 fully saturated rings. The molecule has 104 valence electrons. The van der Waals surface area contributed by atoms with Crippen LogP contribution in [0.3, 0.4) is 0 Å². The lowest BCUT2D eigenvalue weighted by atomic mass is 10.0. The zero-order chi connectivity index (χ0) is 13.7. The van der Waals surface area contributed by atoms with Crippen molar-refractivity contribution in [2.45, 2.75) is 37.0 Å². The van der Waals surface area contributed by atoms with E-state index in [1.54, 1.807) is 11.8 Å².